The summed E-state index contributed by atoms with van der Waals surface area (Å²) in [6.07, 6.45) is 6.71. The fraction of sp³-hybridized carbons (Fsp3) is 0.321. The Balaban J connectivity index is 1.25. The molecule has 1 aromatic carbocycles. The van der Waals surface area contributed by atoms with Crippen molar-refractivity contribution in [2.75, 3.05) is 38.2 Å². The van der Waals surface area contributed by atoms with Gasteiger partial charge >= 0.3 is 0 Å². The molecule has 2 unspecified atom stereocenters. The van der Waals surface area contributed by atoms with Crippen LogP contribution in [0.15, 0.2) is 64.7 Å². The van der Waals surface area contributed by atoms with Gasteiger partial charge in [-0.3, -0.25) is 18.8 Å². The molecular formula is C28H27ClFN5O6S. The van der Waals surface area contributed by atoms with Crippen molar-refractivity contribution in [2.24, 2.45) is 0 Å². The lowest BCUT2D eigenvalue weighted by Crippen LogP contribution is -2.47. The minimum absolute atomic E-state index is 0.00423. The van der Waals surface area contributed by atoms with E-state index < -0.39 is 15.8 Å². The standard InChI is InChI=1S/C28H27ClFN5O6S/c1-39-27-23(33-42(37,38)25-6-3-19(30)11-22(25)29)10-18(12-32-27)17-2-7-26-31-13-24(28(36)35(26)14-17)41-9-8-34-20-4-5-21(34)16-40-15-20/h2-3,6-7,10-14,20-21,33H,4-5,8-9,15-16H2,1H3. The van der Waals surface area contributed by atoms with E-state index in [2.05, 4.69) is 19.6 Å². The Bertz CT molecular complexity index is 1800. The van der Waals surface area contributed by atoms with E-state index in [0.29, 0.717) is 42.0 Å². The van der Waals surface area contributed by atoms with Crippen LogP contribution in [0.2, 0.25) is 5.02 Å². The first kappa shape index (κ1) is 28.3. The predicted octanol–water partition coefficient (Wildman–Crippen LogP) is 3.60. The van der Waals surface area contributed by atoms with E-state index in [0.717, 1.165) is 44.3 Å². The van der Waals surface area contributed by atoms with Crippen LogP contribution in [-0.4, -0.2) is 73.2 Å². The van der Waals surface area contributed by atoms with Crippen LogP contribution in [-0.2, 0) is 14.8 Å². The topological polar surface area (TPSA) is 124 Å². The van der Waals surface area contributed by atoms with Gasteiger partial charge in [0.1, 0.15) is 28.7 Å². The summed E-state index contributed by atoms with van der Waals surface area (Å²) in [4.78, 5) is 24.0. The van der Waals surface area contributed by atoms with Crippen LogP contribution in [0.25, 0.3) is 16.8 Å². The highest BCUT2D eigenvalue weighted by Crippen LogP contribution is 2.32. The summed E-state index contributed by atoms with van der Waals surface area (Å²) in [5.41, 5.74) is 1.11. The first-order valence-electron chi connectivity index (χ1n) is 13.2. The Labute approximate surface area is 245 Å². The number of benzene rings is 1. The second-order valence-electron chi connectivity index (χ2n) is 10.0. The van der Waals surface area contributed by atoms with E-state index >= 15 is 0 Å². The molecule has 2 bridgehead atoms. The highest BCUT2D eigenvalue weighted by molar-refractivity contribution is 7.92. The number of anilines is 1. The highest BCUT2D eigenvalue weighted by Gasteiger charge is 2.36. The van der Waals surface area contributed by atoms with E-state index in [1.54, 1.807) is 18.3 Å². The molecule has 42 heavy (non-hydrogen) atoms. The number of halogens is 2. The van der Waals surface area contributed by atoms with Crippen LogP contribution in [0.3, 0.4) is 0 Å². The molecule has 4 aromatic rings. The molecule has 3 aromatic heterocycles. The molecule has 2 aliphatic heterocycles. The number of ether oxygens (including phenoxy) is 3. The van der Waals surface area contributed by atoms with Crippen LogP contribution in [0.5, 0.6) is 11.6 Å². The molecule has 2 atom stereocenters. The maximum absolute atomic E-state index is 13.5. The second-order valence-corrected chi connectivity index (χ2v) is 12.1. The molecule has 14 heteroatoms. The quantitative estimate of drug-likeness (QED) is 0.301. The van der Waals surface area contributed by atoms with Gasteiger partial charge in [0.15, 0.2) is 0 Å². The number of hydrogen-bond acceptors (Lipinski definition) is 9. The van der Waals surface area contributed by atoms with Crippen molar-refractivity contribution in [3.8, 4) is 22.8 Å². The average molecular weight is 616 g/mol. The lowest BCUT2D eigenvalue weighted by Gasteiger charge is -2.34. The van der Waals surface area contributed by atoms with E-state index in [1.807, 2.05) is 0 Å². The largest absolute Gasteiger partial charge is 0.485 e. The molecule has 0 aliphatic carbocycles. The smallest absolute Gasteiger partial charge is 0.300 e. The van der Waals surface area contributed by atoms with Gasteiger partial charge in [-0.2, -0.15) is 0 Å². The van der Waals surface area contributed by atoms with Gasteiger partial charge in [0.2, 0.25) is 11.6 Å². The third-order valence-electron chi connectivity index (χ3n) is 7.47. The van der Waals surface area contributed by atoms with Crippen molar-refractivity contribution >= 4 is 33.0 Å². The first-order chi connectivity index (χ1) is 20.2. The minimum Gasteiger partial charge on any atom is -0.485 e. The molecule has 220 valence electrons. The van der Waals surface area contributed by atoms with E-state index in [4.69, 9.17) is 25.8 Å². The average Bonchev–Trinajstić information content (AvgIpc) is 3.18. The van der Waals surface area contributed by atoms with Gasteiger partial charge < -0.3 is 14.2 Å². The Kier molecular flexibility index (Phi) is 7.75. The maximum Gasteiger partial charge on any atom is 0.300 e. The minimum atomic E-state index is -4.22. The van der Waals surface area contributed by atoms with Gasteiger partial charge in [-0.05, 0) is 49.2 Å². The maximum atomic E-state index is 13.5. The molecule has 2 aliphatic rings. The zero-order chi connectivity index (χ0) is 29.4. The number of rotatable bonds is 9. The Morgan fingerprint density at radius 2 is 1.88 bits per heavy atom. The number of fused-ring (bicyclic) bond motifs is 3. The molecule has 0 saturated carbocycles. The molecule has 0 radical (unpaired) electrons. The zero-order valence-corrected chi connectivity index (χ0v) is 24.1. The van der Waals surface area contributed by atoms with Crippen molar-refractivity contribution in [2.45, 2.75) is 29.8 Å². The van der Waals surface area contributed by atoms with Crippen molar-refractivity contribution in [3.05, 3.63) is 76.2 Å². The van der Waals surface area contributed by atoms with Gasteiger partial charge in [0.05, 0.1) is 31.5 Å². The summed E-state index contributed by atoms with van der Waals surface area (Å²) in [6, 6.07) is 8.67. The van der Waals surface area contributed by atoms with Crippen molar-refractivity contribution in [1.82, 2.24) is 19.3 Å². The van der Waals surface area contributed by atoms with Crippen LogP contribution >= 0.6 is 11.6 Å². The molecule has 5 heterocycles. The van der Waals surface area contributed by atoms with Gasteiger partial charge in [-0.15, -0.1) is 0 Å². The van der Waals surface area contributed by atoms with E-state index in [9.17, 15) is 17.6 Å². The molecule has 6 rings (SSSR count). The number of nitrogens with one attached hydrogen (secondary N) is 1. The second kappa shape index (κ2) is 11.5. The lowest BCUT2D eigenvalue weighted by molar-refractivity contribution is -0.0191. The van der Waals surface area contributed by atoms with Crippen molar-refractivity contribution < 1.29 is 27.0 Å². The number of aromatic nitrogens is 3. The molecule has 0 amide bonds. The fourth-order valence-electron chi connectivity index (χ4n) is 5.41. The van der Waals surface area contributed by atoms with Crippen LogP contribution in [0.4, 0.5) is 10.1 Å². The molecule has 2 fully saturated rings. The summed E-state index contributed by atoms with van der Waals surface area (Å²) in [7, 11) is -2.88. The normalized spacial score (nSPS) is 18.7. The van der Waals surface area contributed by atoms with Crippen LogP contribution < -0.4 is 19.8 Å². The zero-order valence-electron chi connectivity index (χ0n) is 22.5. The van der Waals surface area contributed by atoms with Gasteiger partial charge in [-0.1, -0.05) is 11.6 Å². The number of sulfonamides is 1. The van der Waals surface area contributed by atoms with Crippen LogP contribution in [0, 0.1) is 5.82 Å². The fourth-order valence-corrected chi connectivity index (χ4v) is 6.99. The van der Waals surface area contributed by atoms with Crippen molar-refractivity contribution in [1.29, 1.82) is 0 Å². The lowest BCUT2D eigenvalue weighted by atomic mass is 10.1. The monoisotopic (exact) mass is 615 g/mol. The summed E-state index contributed by atoms with van der Waals surface area (Å²) in [6.45, 7) is 2.49. The Hall–Kier alpha value is -3.78. The SMILES string of the molecule is COc1ncc(-c2ccc3ncc(OCCN4C5CCC4COC5)c(=O)n3c2)cc1NS(=O)(=O)c1ccc(F)cc1Cl. The molecule has 2 saturated heterocycles. The number of nitrogens with zero attached hydrogens (tertiary/aromatic N) is 4. The molecule has 1 N–H and O–H groups in total. The highest BCUT2D eigenvalue weighted by atomic mass is 35.5. The van der Waals surface area contributed by atoms with Crippen molar-refractivity contribution in [3.63, 3.8) is 0 Å². The summed E-state index contributed by atoms with van der Waals surface area (Å²) in [5.74, 6) is -0.536. The summed E-state index contributed by atoms with van der Waals surface area (Å²) < 4.78 is 60.1. The molecular weight excluding hydrogens is 589 g/mol. The number of morpholine rings is 1. The van der Waals surface area contributed by atoms with Crippen LogP contribution in [0.1, 0.15) is 12.8 Å². The molecule has 0 spiro atoms. The number of pyridine rings is 2. The summed E-state index contributed by atoms with van der Waals surface area (Å²) in [5, 5.41) is -0.276. The Morgan fingerprint density at radius 3 is 2.62 bits per heavy atom. The number of hydrogen-bond donors (Lipinski definition) is 1. The summed E-state index contributed by atoms with van der Waals surface area (Å²) >= 11 is 5.99. The third kappa shape index (κ3) is 5.52. The van der Waals surface area contributed by atoms with Gasteiger partial charge in [0, 0.05) is 42.1 Å². The van der Waals surface area contributed by atoms with Gasteiger partial charge in [-0.25, -0.2) is 22.8 Å². The predicted molar refractivity (Wildman–Crippen MR) is 153 cm³/mol. The van der Waals surface area contributed by atoms with Gasteiger partial charge in [0.25, 0.3) is 15.6 Å². The van der Waals surface area contributed by atoms with E-state index in [1.165, 1.54) is 30.0 Å². The number of methoxy groups -OCH3 is 1. The first-order valence-corrected chi connectivity index (χ1v) is 15.1. The van der Waals surface area contributed by atoms with E-state index in [-0.39, 0.29) is 32.8 Å². The third-order valence-corrected chi connectivity index (χ3v) is 9.32. The molecule has 11 nitrogen and oxygen atoms in total. The Morgan fingerprint density at radius 1 is 1.10 bits per heavy atom.